The quantitative estimate of drug-likeness (QED) is 0.292. The number of amides is 2. The van der Waals surface area contributed by atoms with Crippen molar-refractivity contribution >= 4 is 45.8 Å². The molecule has 0 fully saturated rings. The van der Waals surface area contributed by atoms with Gasteiger partial charge in [-0.1, -0.05) is 0 Å². The number of anilines is 2. The molecular formula is C16H12FIN4O4. The van der Waals surface area contributed by atoms with Gasteiger partial charge in [0.2, 0.25) is 0 Å². The Kier molecular flexibility index (Phi) is 6.84. The van der Waals surface area contributed by atoms with Crippen LogP contribution in [0.2, 0.25) is 0 Å². The van der Waals surface area contributed by atoms with E-state index in [2.05, 4.69) is 10.2 Å². The van der Waals surface area contributed by atoms with Crippen LogP contribution < -0.4 is 16.3 Å². The van der Waals surface area contributed by atoms with E-state index in [-0.39, 0.29) is 22.5 Å². The zero-order valence-corrected chi connectivity index (χ0v) is 15.2. The highest BCUT2D eigenvalue weighted by atomic mass is 127. The van der Waals surface area contributed by atoms with Crippen molar-refractivity contribution in [2.45, 2.75) is 0 Å². The molecule has 0 aliphatic heterocycles. The van der Waals surface area contributed by atoms with Gasteiger partial charge in [-0.05, 0) is 59.0 Å². The summed E-state index contributed by atoms with van der Waals surface area (Å²) in [5, 5.41) is 20.2. The minimum atomic E-state index is -0.857. The third-order valence-corrected chi connectivity index (χ3v) is 3.76. The minimum absolute atomic E-state index is 0.0614. The summed E-state index contributed by atoms with van der Waals surface area (Å²) in [4.78, 5) is 27.7. The number of carbonyl (C=O) groups excluding carboxylic acids is 2. The van der Waals surface area contributed by atoms with Gasteiger partial charge in [0.05, 0.1) is 28.6 Å². The standard InChI is InChI=1S/C16H12FIN4O4/c17-12-6-10(18)2-4-13(12)20-14-5-9(7-19)1-3-11(14)16(24)22-26-8-15(23)21-25/h1-6,20,25H,8H2,(H,21,23)(H,22,24). The van der Waals surface area contributed by atoms with E-state index in [0.717, 1.165) is 0 Å². The number of hydroxylamine groups is 2. The van der Waals surface area contributed by atoms with Crippen molar-refractivity contribution in [3.63, 3.8) is 0 Å². The maximum absolute atomic E-state index is 14.1. The lowest BCUT2D eigenvalue weighted by atomic mass is 10.1. The Morgan fingerprint density at radius 3 is 2.65 bits per heavy atom. The van der Waals surface area contributed by atoms with Gasteiger partial charge in [0.1, 0.15) is 5.82 Å². The number of benzene rings is 2. The predicted molar refractivity (Wildman–Crippen MR) is 96.9 cm³/mol. The molecule has 4 N–H and O–H groups in total. The molecule has 2 amide bonds. The van der Waals surface area contributed by atoms with E-state index in [1.54, 1.807) is 6.07 Å². The maximum Gasteiger partial charge on any atom is 0.276 e. The summed E-state index contributed by atoms with van der Waals surface area (Å²) >= 11 is 1.96. The zero-order valence-electron chi connectivity index (χ0n) is 13.0. The highest BCUT2D eigenvalue weighted by Crippen LogP contribution is 2.25. The van der Waals surface area contributed by atoms with E-state index in [9.17, 15) is 14.0 Å². The Morgan fingerprint density at radius 1 is 1.23 bits per heavy atom. The highest BCUT2D eigenvalue weighted by Gasteiger charge is 2.15. The molecular weight excluding hydrogens is 458 g/mol. The SMILES string of the molecule is N#Cc1ccc(C(=O)NOCC(=O)NO)c(Nc2ccc(I)cc2F)c1. The van der Waals surface area contributed by atoms with Crippen LogP contribution in [0.1, 0.15) is 15.9 Å². The van der Waals surface area contributed by atoms with Crippen molar-refractivity contribution in [1.29, 1.82) is 5.26 Å². The number of hydrogen-bond donors (Lipinski definition) is 4. The van der Waals surface area contributed by atoms with Crippen molar-refractivity contribution in [3.8, 4) is 6.07 Å². The number of nitrogens with zero attached hydrogens (tertiary/aromatic N) is 1. The molecule has 0 saturated carbocycles. The number of halogens is 2. The summed E-state index contributed by atoms with van der Waals surface area (Å²) in [5.41, 5.74) is 3.98. The molecule has 0 aliphatic carbocycles. The van der Waals surface area contributed by atoms with Crippen molar-refractivity contribution in [2.24, 2.45) is 0 Å². The summed E-state index contributed by atoms with van der Waals surface area (Å²) in [6.07, 6.45) is 0. The molecule has 2 rings (SSSR count). The van der Waals surface area contributed by atoms with Gasteiger partial charge in [-0.25, -0.2) is 15.4 Å². The monoisotopic (exact) mass is 470 g/mol. The molecule has 0 unspecified atom stereocenters. The molecule has 2 aromatic rings. The van der Waals surface area contributed by atoms with Gasteiger partial charge in [0, 0.05) is 3.57 Å². The highest BCUT2D eigenvalue weighted by molar-refractivity contribution is 14.1. The second-order valence-corrected chi connectivity index (χ2v) is 6.12. The predicted octanol–water partition coefficient (Wildman–Crippen LogP) is 2.21. The lowest BCUT2D eigenvalue weighted by Gasteiger charge is -2.13. The van der Waals surface area contributed by atoms with Crippen LogP contribution in [0.5, 0.6) is 0 Å². The van der Waals surface area contributed by atoms with Crippen molar-refractivity contribution in [3.05, 3.63) is 56.9 Å². The fourth-order valence-corrected chi connectivity index (χ4v) is 2.36. The summed E-state index contributed by atoms with van der Waals surface area (Å²) in [6.45, 7) is -0.604. The first-order valence-electron chi connectivity index (χ1n) is 7.06. The van der Waals surface area contributed by atoms with Crippen molar-refractivity contribution < 1.29 is 24.0 Å². The molecule has 26 heavy (non-hydrogen) atoms. The van der Waals surface area contributed by atoms with E-state index in [1.807, 2.05) is 34.1 Å². The van der Waals surface area contributed by atoms with Crippen LogP contribution in [-0.4, -0.2) is 23.6 Å². The third-order valence-electron chi connectivity index (χ3n) is 3.09. The van der Waals surface area contributed by atoms with Gasteiger partial charge in [-0.3, -0.25) is 19.6 Å². The second kappa shape index (κ2) is 9.09. The zero-order chi connectivity index (χ0) is 19.1. The van der Waals surface area contributed by atoms with Crippen LogP contribution in [0.25, 0.3) is 0 Å². The number of carbonyl (C=O) groups is 2. The van der Waals surface area contributed by atoms with Crippen molar-refractivity contribution in [2.75, 3.05) is 11.9 Å². The molecule has 0 aromatic heterocycles. The van der Waals surface area contributed by atoms with Gasteiger partial charge in [-0.2, -0.15) is 5.26 Å². The topological polar surface area (TPSA) is 123 Å². The first kappa shape index (κ1) is 19.6. The summed E-state index contributed by atoms with van der Waals surface area (Å²) in [6, 6.07) is 10.6. The van der Waals surface area contributed by atoms with E-state index >= 15 is 0 Å². The van der Waals surface area contributed by atoms with Crippen molar-refractivity contribution in [1.82, 2.24) is 11.0 Å². The average molecular weight is 470 g/mol. The summed E-state index contributed by atoms with van der Waals surface area (Å²) in [7, 11) is 0. The van der Waals surface area contributed by atoms with Crippen LogP contribution >= 0.6 is 22.6 Å². The molecule has 0 heterocycles. The van der Waals surface area contributed by atoms with Crippen LogP contribution in [0.15, 0.2) is 36.4 Å². The number of hydrogen-bond acceptors (Lipinski definition) is 6. The molecule has 10 heteroatoms. The summed E-state index contributed by atoms with van der Waals surface area (Å²) < 4.78 is 14.8. The van der Waals surface area contributed by atoms with E-state index in [0.29, 0.717) is 3.57 Å². The Labute approximate surface area is 161 Å². The summed E-state index contributed by atoms with van der Waals surface area (Å²) in [5.74, 6) is -2.11. The van der Waals surface area contributed by atoms with Gasteiger partial charge in [-0.15, -0.1) is 0 Å². The van der Waals surface area contributed by atoms with Gasteiger partial charge in [0.15, 0.2) is 6.61 Å². The van der Waals surface area contributed by atoms with Crippen LogP contribution in [0.3, 0.4) is 0 Å². The third kappa shape index (κ3) is 5.12. The Hall–Kier alpha value is -2.75. The molecule has 2 aromatic carbocycles. The Morgan fingerprint density at radius 2 is 2.00 bits per heavy atom. The largest absolute Gasteiger partial charge is 0.352 e. The molecule has 8 nitrogen and oxygen atoms in total. The number of nitrogens with one attached hydrogen (secondary N) is 3. The van der Waals surface area contributed by atoms with E-state index < -0.39 is 24.2 Å². The molecule has 0 saturated heterocycles. The lowest BCUT2D eigenvalue weighted by molar-refractivity contribution is -0.135. The second-order valence-electron chi connectivity index (χ2n) is 4.88. The van der Waals surface area contributed by atoms with Gasteiger partial charge >= 0.3 is 0 Å². The normalized spacial score (nSPS) is 9.92. The molecule has 0 atom stereocenters. The molecule has 0 spiro atoms. The average Bonchev–Trinajstić information content (AvgIpc) is 2.63. The fourth-order valence-electron chi connectivity index (χ4n) is 1.91. The molecule has 0 bridgehead atoms. The fraction of sp³-hybridized carbons (Fsp3) is 0.0625. The minimum Gasteiger partial charge on any atom is -0.352 e. The molecule has 134 valence electrons. The maximum atomic E-state index is 14.1. The van der Waals surface area contributed by atoms with Crippen LogP contribution in [-0.2, 0) is 9.63 Å². The first-order chi connectivity index (χ1) is 12.4. The first-order valence-corrected chi connectivity index (χ1v) is 8.13. The lowest BCUT2D eigenvalue weighted by Crippen LogP contribution is -2.31. The smallest absolute Gasteiger partial charge is 0.276 e. The van der Waals surface area contributed by atoms with E-state index in [4.69, 9.17) is 10.5 Å². The van der Waals surface area contributed by atoms with E-state index in [1.165, 1.54) is 35.8 Å². The number of nitriles is 1. The number of rotatable bonds is 6. The van der Waals surface area contributed by atoms with Crippen LogP contribution in [0, 0.1) is 20.7 Å². The van der Waals surface area contributed by atoms with Gasteiger partial charge in [0.25, 0.3) is 11.8 Å². The van der Waals surface area contributed by atoms with Gasteiger partial charge < -0.3 is 5.32 Å². The molecule has 0 radical (unpaired) electrons. The Balaban J connectivity index is 2.25. The Bertz CT molecular complexity index is 885. The van der Waals surface area contributed by atoms with Crippen LogP contribution in [0.4, 0.5) is 15.8 Å². The molecule has 0 aliphatic rings.